The average molecular weight is 466 g/mol. The molecule has 9 heteroatoms. The number of anilines is 3. The van der Waals surface area contributed by atoms with Crippen LogP contribution >= 0.6 is 0 Å². The molecule has 1 aliphatic rings. The van der Waals surface area contributed by atoms with Gasteiger partial charge in [-0.25, -0.2) is 8.78 Å². The first-order chi connectivity index (χ1) is 16.4. The molecule has 1 aliphatic heterocycles. The molecule has 0 atom stereocenters. The summed E-state index contributed by atoms with van der Waals surface area (Å²) in [5.74, 6) is -1.33. The molecule has 0 unspecified atom stereocenters. The summed E-state index contributed by atoms with van der Waals surface area (Å²) in [5, 5.41) is 0. The highest BCUT2D eigenvalue weighted by molar-refractivity contribution is 5.79. The Hall–Kier alpha value is -3.56. The van der Waals surface area contributed by atoms with Crippen molar-refractivity contribution < 1.29 is 17.9 Å². The van der Waals surface area contributed by atoms with E-state index in [1.165, 1.54) is 21.6 Å². The van der Waals surface area contributed by atoms with Gasteiger partial charge in [-0.15, -0.1) is 0 Å². The van der Waals surface area contributed by atoms with Gasteiger partial charge in [-0.3, -0.25) is 14.6 Å². The number of aryl methyl sites for hydroxylation is 2. The second-order valence-corrected chi connectivity index (χ2v) is 8.37. The second kappa shape index (κ2) is 9.00. The number of hydrogen-bond donors (Lipinski definition) is 0. The van der Waals surface area contributed by atoms with Gasteiger partial charge in [0.1, 0.15) is 17.2 Å². The first-order valence-electron chi connectivity index (χ1n) is 11.0. The number of hydrogen-bond acceptors (Lipinski definition) is 6. The zero-order valence-corrected chi connectivity index (χ0v) is 18.9. The maximum Gasteiger partial charge on any atom is 0.307 e. The molecular formula is C25H24F2N4O3. The molecule has 2 aromatic carbocycles. The number of ether oxygens (including phenoxy) is 1. The summed E-state index contributed by atoms with van der Waals surface area (Å²) in [6.07, 6.45) is 1.58. The first-order valence-corrected chi connectivity index (χ1v) is 11.0. The number of nitrogens with zero attached hydrogens (tertiary/aromatic N) is 4. The van der Waals surface area contributed by atoms with Gasteiger partial charge in [-0.05, 0) is 37.3 Å². The molecule has 4 aromatic rings. The highest BCUT2D eigenvalue weighted by Crippen LogP contribution is 2.37. The van der Waals surface area contributed by atoms with E-state index >= 15 is 8.78 Å². The molecule has 34 heavy (non-hydrogen) atoms. The monoisotopic (exact) mass is 466 g/mol. The number of oxazole rings is 1. The molecule has 0 radical (unpaired) electrons. The highest BCUT2D eigenvalue weighted by atomic mass is 19.1. The molecule has 7 nitrogen and oxygen atoms in total. The Morgan fingerprint density at radius 2 is 1.76 bits per heavy atom. The van der Waals surface area contributed by atoms with E-state index in [4.69, 9.17) is 9.15 Å². The normalized spacial score (nSPS) is 14.6. The van der Waals surface area contributed by atoms with Crippen LogP contribution in [0.1, 0.15) is 11.1 Å². The third-order valence-electron chi connectivity index (χ3n) is 5.95. The zero-order chi connectivity index (χ0) is 23.8. The van der Waals surface area contributed by atoms with Crippen molar-refractivity contribution in [1.29, 1.82) is 0 Å². The lowest BCUT2D eigenvalue weighted by atomic mass is 10.1. The fourth-order valence-electron chi connectivity index (χ4n) is 4.16. The van der Waals surface area contributed by atoms with Gasteiger partial charge in [0.05, 0.1) is 24.6 Å². The van der Waals surface area contributed by atoms with Crippen LogP contribution in [0, 0.1) is 18.6 Å². The fraction of sp³-hybridized carbons (Fsp3) is 0.280. The maximum atomic E-state index is 15.3. The molecule has 0 N–H and O–H groups in total. The Morgan fingerprint density at radius 1 is 1.06 bits per heavy atom. The molecule has 0 bridgehead atoms. The lowest BCUT2D eigenvalue weighted by Gasteiger charge is -2.27. The van der Waals surface area contributed by atoms with Crippen LogP contribution in [0.15, 0.2) is 57.9 Å². The van der Waals surface area contributed by atoms with Gasteiger partial charge in [-0.1, -0.05) is 12.1 Å². The van der Waals surface area contributed by atoms with E-state index in [2.05, 4.69) is 4.98 Å². The summed E-state index contributed by atoms with van der Waals surface area (Å²) in [6.45, 7) is 4.16. The smallest absolute Gasteiger partial charge is 0.307 e. The van der Waals surface area contributed by atoms with Crippen LogP contribution in [0.2, 0.25) is 0 Å². The van der Waals surface area contributed by atoms with E-state index in [-0.39, 0.29) is 29.4 Å². The summed E-state index contributed by atoms with van der Waals surface area (Å²) in [6, 6.07) is 11.5. The molecule has 0 saturated carbocycles. The minimum atomic E-state index is -0.663. The summed E-state index contributed by atoms with van der Waals surface area (Å²) in [5.41, 5.74) is 2.14. The number of para-hydroxylation sites is 2. The molecule has 1 fully saturated rings. The van der Waals surface area contributed by atoms with Gasteiger partial charge in [0, 0.05) is 44.0 Å². The van der Waals surface area contributed by atoms with Gasteiger partial charge in [0.2, 0.25) is 0 Å². The number of pyridine rings is 1. The number of halogens is 2. The summed E-state index contributed by atoms with van der Waals surface area (Å²) in [4.78, 5) is 20.3. The summed E-state index contributed by atoms with van der Waals surface area (Å²) in [7, 11) is 1.62. The van der Waals surface area contributed by atoms with Crippen LogP contribution < -0.4 is 10.5 Å². The topological polar surface area (TPSA) is 63.7 Å². The Kier molecular flexibility index (Phi) is 5.89. The van der Waals surface area contributed by atoms with Crippen molar-refractivity contribution in [3.8, 4) is 0 Å². The average Bonchev–Trinajstić information content (AvgIpc) is 3.24. The zero-order valence-electron chi connectivity index (χ0n) is 18.9. The van der Waals surface area contributed by atoms with Crippen LogP contribution in [-0.2, 0) is 18.3 Å². The molecule has 0 amide bonds. The Bertz CT molecular complexity index is 1330. The number of benzene rings is 2. The predicted octanol–water partition coefficient (Wildman–Crippen LogP) is 4.42. The van der Waals surface area contributed by atoms with Crippen LogP contribution in [0.25, 0.3) is 11.1 Å². The molecule has 5 rings (SSSR count). The van der Waals surface area contributed by atoms with Gasteiger partial charge in [0.15, 0.2) is 5.58 Å². The fourth-order valence-corrected chi connectivity index (χ4v) is 4.16. The minimum Gasteiger partial charge on any atom is -0.423 e. The van der Waals surface area contributed by atoms with E-state index in [1.54, 1.807) is 38.4 Å². The van der Waals surface area contributed by atoms with Crippen LogP contribution in [0.3, 0.4) is 0 Å². The predicted molar refractivity (Wildman–Crippen MR) is 125 cm³/mol. The van der Waals surface area contributed by atoms with Crippen LogP contribution in [-0.4, -0.2) is 40.8 Å². The minimum absolute atomic E-state index is 0.000178. The number of morpholine rings is 1. The molecular weight excluding hydrogens is 442 g/mol. The van der Waals surface area contributed by atoms with Crippen molar-refractivity contribution in [3.63, 3.8) is 0 Å². The van der Waals surface area contributed by atoms with Gasteiger partial charge >= 0.3 is 6.01 Å². The van der Waals surface area contributed by atoms with Crippen molar-refractivity contribution in [2.75, 3.05) is 31.2 Å². The van der Waals surface area contributed by atoms with Crippen molar-refractivity contribution in [2.24, 2.45) is 7.05 Å². The number of rotatable bonds is 5. The molecule has 176 valence electrons. The van der Waals surface area contributed by atoms with Crippen molar-refractivity contribution in [3.05, 3.63) is 81.8 Å². The Morgan fingerprint density at radius 3 is 2.44 bits per heavy atom. The van der Waals surface area contributed by atoms with E-state index < -0.39 is 11.6 Å². The van der Waals surface area contributed by atoms with E-state index in [1.807, 2.05) is 17.0 Å². The molecule has 3 heterocycles. The lowest BCUT2D eigenvalue weighted by Crippen LogP contribution is -2.36. The third-order valence-corrected chi connectivity index (χ3v) is 5.95. The number of fused-ring (bicyclic) bond motifs is 1. The van der Waals surface area contributed by atoms with Crippen molar-refractivity contribution >= 4 is 28.5 Å². The lowest BCUT2D eigenvalue weighted by molar-refractivity contribution is 0.0332. The van der Waals surface area contributed by atoms with Gasteiger partial charge in [-0.2, -0.15) is 4.98 Å². The van der Waals surface area contributed by atoms with E-state index in [0.717, 1.165) is 0 Å². The Balaban J connectivity index is 1.62. The van der Waals surface area contributed by atoms with Crippen LogP contribution in [0.5, 0.6) is 0 Å². The number of aromatic nitrogens is 2. The van der Waals surface area contributed by atoms with E-state index in [9.17, 15) is 4.79 Å². The maximum absolute atomic E-state index is 15.3. The Labute approximate surface area is 194 Å². The SMILES string of the molecule is Cc1cc(N(c2cc(F)c(CN3CCOCC3)c(F)c2)c2nc3ccccc3o2)cn(C)c1=O. The largest absolute Gasteiger partial charge is 0.423 e. The highest BCUT2D eigenvalue weighted by Gasteiger charge is 2.24. The standard InChI is InChI=1S/C25H24F2N4O3/c1-16-11-18(14-29(2)24(16)32)31(25-28-22-5-3-4-6-23(22)34-25)17-12-20(26)19(21(27)13-17)15-30-7-9-33-10-8-30/h3-6,11-14H,7-10,15H2,1-2H3. The molecule has 2 aromatic heterocycles. The summed E-state index contributed by atoms with van der Waals surface area (Å²) < 4.78 is 43.2. The second-order valence-electron chi connectivity index (χ2n) is 8.37. The van der Waals surface area contributed by atoms with Gasteiger partial charge < -0.3 is 13.7 Å². The van der Waals surface area contributed by atoms with Gasteiger partial charge in [0.25, 0.3) is 5.56 Å². The van der Waals surface area contributed by atoms with Crippen molar-refractivity contribution in [1.82, 2.24) is 14.5 Å². The van der Waals surface area contributed by atoms with Crippen molar-refractivity contribution in [2.45, 2.75) is 13.5 Å². The molecule has 0 spiro atoms. The first kappa shape index (κ1) is 22.2. The van der Waals surface area contributed by atoms with E-state index in [0.29, 0.717) is 48.7 Å². The summed E-state index contributed by atoms with van der Waals surface area (Å²) >= 11 is 0. The third kappa shape index (κ3) is 4.20. The molecule has 0 aliphatic carbocycles. The molecule has 1 saturated heterocycles. The quantitative estimate of drug-likeness (QED) is 0.434. The van der Waals surface area contributed by atoms with Crippen LogP contribution in [0.4, 0.5) is 26.2 Å².